The predicted octanol–water partition coefficient (Wildman–Crippen LogP) is 3.82. The third kappa shape index (κ3) is 7.16. The van der Waals surface area contributed by atoms with Crippen LogP contribution in [0.5, 0.6) is 5.75 Å². The molecule has 162 valence electrons. The van der Waals surface area contributed by atoms with Gasteiger partial charge in [0.2, 0.25) is 0 Å². The van der Waals surface area contributed by atoms with Crippen LogP contribution < -0.4 is 15.4 Å². The Morgan fingerprint density at radius 2 is 1.90 bits per heavy atom. The van der Waals surface area contributed by atoms with Crippen LogP contribution in [0.25, 0.3) is 5.65 Å². The normalized spacial score (nSPS) is 11.2. The number of ether oxygens (including phenoxy) is 1. The van der Waals surface area contributed by atoms with Crippen molar-refractivity contribution in [2.24, 2.45) is 4.99 Å². The predicted molar refractivity (Wildman–Crippen MR) is 132 cm³/mol. The first kappa shape index (κ1) is 23.9. The van der Waals surface area contributed by atoms with E-state index in [1.807, 2.05) is 40.9 Å². The maximum Gasteiger partial charge on any atom is 0.191 e. The molecule has 8 heteroatoms. The summed E-state index contributed by atoms with van der Waals surface area (Å²) in [5.74, 6) is 2.53. The Kier molecular flexibility index (Phi) is 10.4. The van der Waals surface area contributed by atoms with E-state index in [9.17, 15) is 0 Å². The molecule has 0 atom stereocenters. The molecule has 2 N–H and O–H groups in total. The van der Waals surface area contributed by atoms with Crippen molar-refractivity contribution in [1.29, 1.82) is 0 Å². The van der Waals surface area contributed by atoms with Crippen LogP contribution in [0.2, 0.25) is 0 Å². The highest BCUT2D eigenvalue weighted by molar-refractivity contribution is 14.0. The molecule has 2 aromatic heterocycles. The lowest BCUT2D eigenvalue weighted by molar-refractivity contribution is 0.309. The third-order valence-corrected chi connectivity index (χ3v) is 4.50. The molecule has 0 amide bonds. The highest BCUT2D eigenvalue weighted by atomic mass is 127. The van der Waals surface area contributed by atoms with Gasteiger partial charge in [0.25, 0.3) is 0 Å². The van der Waals surface area contributed by atoms with Gasteiger partial charge in [0.05, 0.1) is 6.61 Å². The van der Waals surface area contributed by atoms with Gasteiger partial charge in [0.15, 0.2) is 17.4 Å². The number of rotatable bonds is 10. The van der Waals surface area contributed by atoms with Crippen molar-refractivity contribution in [1.82, 2.24) is 25.2 Å². The zero-order valence-electron chi connectivity index (χ0n) is 17.7. The first-order valence-electron chi connectivity index (χ1n) is 10.3. The minimum Gasteiger partial charge on any atom is -0.494 e. The van der Waals surface area contributed by atoms with Gasteiger partial charge in [-0.3, -0.25) is 4.40 Å². The number of hydrogen-bond donors (Lipinski definition) is 2. The number of nitrogens with zero attached hydrogens (tertiary/aromatic N) is 4. The zero-order valence-corrected chi connectivity index (χ0v) is 20.0. The standard InChI is InChI=1S/C22H30N6O.HI/c1-3-5-16-29-19-11-9-18(10-12-19)13-14-24-22(23-4-2)25-17-21-27-26-20-8-6-7-15-28(20)21;/h6-12,15H,3-5,13-14,16-17H2,1-2H3,(H2,23,24,25);1H. The van der Waals surface area contributed by atoms with Crippen molar-refractivity contribution in [3.05, 3.63) is 60.0 Å². The van der Waals surface area contributed by atoms with Crippen molar-refractivity contribution in [2.45, 2.75) is 39.7 Å². The third-order valence-electron chi connectivity index (χ3n) is 4.50. The number of pyridine rings is 1. The van der Waals surface area contributed by atoms with Gasteiger partial charge < -0.3 is 15.4 Å². The molecule has 7 nitrogen and oxygen atoms in total. The number of fused-ring (bicyclic) bond motifs is 1. The molecule has 0 radical (unpaired) electrons. The van der Waals surface area contributed by atoms with Gasteiger partial charge in [-0.15, -0.1) is 34.2 Å². The molecule has 1 aromatic carbocycles. The Bertz CT molecular complexity index is 909. The first-order chi connectivity index (χ1) is 14.3. The topological polar surface area (TPSA) is 75.8 Å². The summed E-state index contributed by atoms with van der Waals surface area (Å²) >= 11 is 0. The molecule has 2 heterocycles. The quantitative estimate of drug-likeness (QED) is 0.183. The van der Waals surface area contributed by atoms with Crippen LogP contribution in [-0.2, 0) is 13.0 Å². The van der Waals surface area contributed by atoms with Crippen molar-refractivity contribution in [2.75, 3.05) is 19.7 Å². The molecule has 0 bridgehead atoms. The molecule has 0 aliphatic heterocycles. The number of aromatic nitrogens is 3. The Hall–Kier alpha value is -2.36. The minimum atomic E-state index is 0. The average Bonchev–Trinajstić information content (AvgIpc) is 3.16. The Morgan fingerprint density at radius 3 is 2.67 bits per heavy atom. The lowest BCUT2D eigenvalue weighted by Crippen LogP contribution is -2.38. The Balaban J connectivity index is 0.00000320. The molecule has 0 unspecified atom stereocenters. The van der Waals surface area contributed by atoms with Crippen LogP contribution >= 0.6 is 24.0 Å². The lowest BCUT2D eigenvalue weighted by atomic mass is 10.1. The number of aliphatic imine (C=N–C) groups is 1. The van der Waals surface area contributed by atoms with E-state index in [1.165, 1.54) is 5.56 Å². The van der Waals surface area contributed by atoms with E-state index in [0.717, 1.165) is 62.1 Å². The van der Waals surface area contributed by atoms with Crippen molar-refractivity contribution in [3.63, 3.8) is 0 Å². The summed E-state index contributed by atoms with van der Waals surface area (Å²) in [4.78, 5) is 4.64. The van der Waals surface area contributed by atoms with Crippen LogP contribution in [0.4, 0.5) is 0 Å². The van der Waals surface area contributed by atoms with E-state index in [1.54, 1.807) is 0 Å². The molecule has 0 spiro atoms. The van der Waals surface area contributed by atoms with E-state index in [0.29, 0.717) is 6.54 Å². The summed E-state index contributed by atoms with van der Waals surface area (Å²) in [6, 6.07) is 14.2. The molecule has 0 aliphatic carbocycles. The van der Waals surface area contributed by atoms with Crippen LogP contribution in [0, 0.1) is 0 Å². The minimum absolute atomic E-state index is 0. The second kappa shape index (κ2) is 13.0. The fourth-order valence-electron chi connectivity index (χ4n) is 2.90. The monoisotopic (exact) mass is 522 g/mol. The van der Waals surface area contributed by atoms with Gasteiger partial charge in [-0.25, -0.2) is 4.99 Å². The number of guanidine groups is 1. The van der Waals surface area contributed by atoms with E-state index >= 15 is 0 Å². The fourth-order valence-corrected chi connectivity index (χ4v) is 2.90. The average molecular weight is 522 g/mol. The zero-order chi connectivity index (χ0) is 20.3. The summed E-state index contributed by atoms with van der Waals surface area (Å²) < 4.78 is 7.67. The highest BCUT2D eigenvalue weighted by Crippen LogP contribution is 2.13. The SMILES string of the molecule is CCCCOc1ccc(CCNC(=NCc2nnc3ccccn23)NCC)cc1.I. The highest BCUT2D eigenvalue weighted by Gasteiger charge is 2.05. The van der Waals surface area contributed by atoms with E-state index in [2.05, 4.69) is 51.8 Å². The smallest absolute Gasteiger partial charge is 0.191 e. The van der Waals surface area contributed by atoms with Gasteiger partial charge in [0.1, 0.15) is 12.3 Å². The molecule has 0 fully saturated rings. The molecular weight excluding hydrogens is 491 g/mol. The molecule has 0 aliphatic rings. The molecular formula is C22H31IN6O. The first-order valence-corrected chi connectivity index (χ1v) is 10.3. The maximum atomic E-state index is 5.72. The van der Waals surface area contributed by atoms with Crippen molar-refractivity contribution < 1.29 is 4.74 Å². The van der Waals surface area contributed by atoms with E-state index in [-0.39, 0.29) is 24.0 Å². The number of halogens is 1. The van der Waals surface area contributed by atoms with Gasteiger partial charge in [-0.2, -0.15) is 0 Å². The largest absolute Gasteiger partial charge is 0.494 e. The van der Waals surface area contributed by atoms with Gasteiger partial charge in [-0.1, -0.05) is 31.5 Å². The number of hydrogen-bond acceptors (Lipinski definition) is 4. The van der Waals surface area contributed by atoms with E-state index in [4.69, 9.17) is 4.74 Å². The lowest BCUT2D eigenvalue weighted by Gasteiger charge is -2.11. The molecule has 3 rings (SSSR count). The van der Waals surface area contributed by atoms with Crippen molar-refractivity contribution >= 4 is 35.6 Å². The Morgan fingerprint density at radius 1 is 1.07 bits per heavy atom. The molecule has 30 heavy (non-hydrogen) atoms. The fraction of sp³-hybridized carbons (Fsp3) is 0.409. The summed E-state index contributed by atoms with van der Waals surface area (Å²) in [6.45, 7) is 7.06. The second-order valence-electron chi connectivity index (χ2n) is 6.76. The van der Waals surface area contributed by atoms with Gasteiger partial charge in [0, 0.05) is 19.3 Å². The number of nitrogens with one attached hydrogen (secondary N) is 2. The summed E-state index contributed by atoms with van der Waals surface area (Å²) in [7, 11) is 0. The number of unbranched alkanes of at least 4 members (excludes halogenated alkanes) is 1. The van der Waals surface area contributed by atoms with Gasteiger partial charge in [-0.05, 0) is 49.6 Å². The van der Waals surface area contributed by atoms with Crippen LogP contribution in [0.3, 0.4) is 0 Å². The summed E-state index contributed by atoms with van der Waals surface area (Å²) in [5.41, 5.74) is 2.09. The molecule has 0 saturated heterocycles. The van der Waals surface area contributed by atoms with Crippen molar-refractivity contribution in [3.8, 4) is 5.75 Å². The second-order valence-corrected chi connectivity index (χ2v) is 6.76. The van der Waals surface area contributed by atoms with E-state index < -0.39 is 0 Å². The van der Waals surface area contributed by atoms with Crippen LogP contribution in [0.1, 0.15) is 38.1 Å². The molecule has 3 aromatic rings. The Labute approximate surface area is 195 Å². The van der Waals surface area contributed by atoms with Gasteiger partial charge >= 0.3 is 0 Å². The molecule has 0 saturated carbocycles. The summed E-state index contributed by atoms with van der Waals surface area (Å²) in [5, 5.41) is 15.1. The van der Waals surface area contributed by atoms with Crippen LogP contribution in [0.15, 0.2) is 53.7 Å². The maximum absolute atomic E-state index is 5.72. The van der Waals surface area contributed by atoms with Crippen LogP contribution in [-0.4, -0.2) is 40.3 Å². The number of benzene rings is 1. The summed E-state index contributed by atoms with van der Waals surface area (Å²) in [6.07, 6.45) is 5.10.